The van der Waals surface area contributed by atoms with Gasteiger partial charge in [0.25, 0.3) is 0 Å². The quantitative estimate of drug-likeness (QED) is 0.893. The van der Waals surface area contributed by atoms with E-state index in [4.69, 9.17) is 5.11 Å². The second-order valence-corrected chi connectivity index (χ2v) is 5.54. The van der Waals surface area contributed by atoms with Crippen molar-refractivity contribution in [2.24, 2.45) is 5.92 Å². The van der Waals surface area contributed by atoms with E-state index in [1.807, 2.05) is 13.0 Å². The number of hydrogen-bond acceptors (Lipinski definition) is 3. The molecule has 0 bridgehead atoms. The lowest BCUT2D eigenvalue weighted by molar-refractivity contribution is -0.137. The number of piperidine rings is 1. The number of urea groups is 1. The Balaban J connectivity index is 1.79. The number of pyridine rings is 1. The van der Waals surface area contributed by atoms with Crippen LogP contribution in [0.15, 0.2) is 18.5 Å². The van der Waals surface area contributed by atoms with Crippen LogP contribution in [-0.2, 0) is 4.79 Å². The number of amides is 2. The first kappa shape index (κ1) is 15.3. The van der Waals surface area contributed by atoms with E-state index >= 15 is 0 Å². The predicted octanol–water partition coefficient (Wildman–Crippen LogP) is 2.50. The van der Waals surface area contributed by atoms with Crippen LogP contribution in [0, 0.1) is 12.8 Å². The number of rotatable bonds is 4. The summed E-state index contributed by atoms with van der Waals surface area (Å²) in [6.45, 7) is 3.28. The molecule has 2 rings (SSSR count). The van der Waals surface area contributed by atoms with E-state index in [1.54, 1.807) is 17.3 Å². The van der Waals surface area contributed by atoms with E-state index in [1.165, 1.54) is 0 Å². The molecule has 1 saturated heterocycles. The maximum absolute atomic E-state index is 12.1. The third kappa shape index (κ3) is 4.73. The topological polar surface area (TPSA) is 82.5 Å². The fraction of sp³-hybridized carbons (Fsp3) is 0.533. The fourth-order valence-corrected chi connectivity index (χ4v) is 2.58. The lowest BCUT2D eigenvalue weighted by atomic mass is 9.92. The fourth-order valence-electron chi connectivity index (χ4n) is 2.58. The summed E-state index contributed by atoms with van der Waals surface area (Å²) in [6, 6.07) is 1.77. The maximum Gasteiger partial charge on any atom is 0.321 e. The molecule has 1 aliphatic rings. The minimum Gasteiger partial charge on any atom is -0.481 e. The number of nitrogens with zero attached hydrogens (tertiary/aromatic N) is 2. The molecule has 2 N–H and O–H groups in total. The number of likely N-dealkylation sites (tertiary alicyclic amines) is 1. The van der Waals surface area contributed by atoms with Gasteiger partial charge in [-0.05, 0) is 43.7 Å². The van der Waals surface area contributed by atoms with Gasteiger partial charge in [-0.15, -0.1) is 0 Å². The van der Waals surface area contributed by atoms with E-state index in [0.717, 1.165) is 18.4 Å². The normalized spacial score (nSPS) is 15.8. The van der Waals surface area contributed by atoms with Gasteiger partial charge in [0.15, 0.2) is 0 Å². The first-order chi connectivity index (χ1) is 10.0. The summed E-state index contributed by atoms with van der Waals surface area (Å²) < 4.78 is 0. The molecule has 0 atom stereocenters. The molecule has 0 radical (unpaired) electrons. The molecule has 0 spiro atoms. The molecule has 1 aromatic heterocycles. The second kappa shape index (κ2) is 7.06. The number of aliphatic carboxylic acids is 1. The smallest absolute Gasteiger partial charge is 0.321 e. The highest BCUT2D eigenvalue weighted by molar-refractivity contribution is 5.89. The van der Waals surface area contributed by atoms with Crippen LogP contribution in [0.3, 0.4) is 0 Å². The minimum atomic E-state index is -0.748. The maximum atomic E-state index is 12.1. The van der Waals surface area contributed by atoms with Crippen LogP contribution in [0.4, 0.5) is 10.5 Å². The summed E-state index contributed by atoms with van der Waals surface area (Å²) >= 11 is 0. The number of carbonyl (C=O) groups is 2. The van der Waals surface area contributed by atoms with Crippen LogP contribution in [0.25, 0.3) is 0 Å². The Morgan fingerprint density at radius 2 is 2.10 bits per heavy atom. The highest BCUT2D eigenvalue weighted by Crippen LogP contribution is 2.22. The average Bonchev–Trinajstić information content (AvgIpc) is 2.45. The zero-order valence-electron chi connectivity index (χ0n) is 12.2. The number of aromatic nitrogens is 1. The van der Waals surface area contributed by atoms with Gasteiger partial charge < -0.3 is 15.3 Å². The molecule has 0 saturated carbocycles. The molecule has 0 aliphatic carbocycles. The van der Waals surface area contributed by atoms with Crippen molar-refractivity contribution < 1.29 is 14.7 Å². The van der Waals surface area contributed by atoms with Crippen molar-refractivity contribution in [3.63, 3.8) is 0 Å². The van der Waals surface area contributed by atoms with Gasteiger partial charge in [0.2, 0.25) is 0 Å². The molecule has 0 aromatic carbocycles. The predicted molar refractivity (Wildman–Crippen MR) is 79.2 cm³/mol. The molecule has 1 aliphatic heterocycles. The van der Waals surface area contributed by atoms with Gasteiger partial charge in [-0.1, -0.05) is 0 Å². The molecule has 2 amide bonds. The van der Waals surface area contributed by atoms with Crippen LogP contribution in [0.5, 0.6) is 0 Å². The lowest BCUT2D eigenvalue weighted by Gasteiger charge is -2.31. The number of aryl methyl sites for hydroxylation is 1. The Morgan fingerprint density at radius 1 is 1.38 bits per heavy atom. The second-order valence-electron chi connectivity index (χ2n) is 5.54. The number of carboxylic acid groups (broad SMARTS) is 1. The van der Waals surface area contributed by atoms with E-state index in [0.29, 0.717) is 31.1 Å². The zero-order chi connectivity index (χ0) is 15.2. The Bertz CT molecular complexity index is 511. The summed E-state index contributed by atoms with van der Waals surface area (Å²) in [6.07, 6.45) is 6.02. The first-order valence-corrected chi connectivity index (χ1v) is 7.24. The van der Waals surface area contributed by atoms with E-state index in [9.17, 15) is 9.59 Å². The van der Waals surface area contributed by atoms with Crippen LogP contribution >= 0.6 is 0 Å². The third-order valence-electron chi connectivity index (χ3n) is 3.79. The van der Waals surface area contributed by atoms with Gasteiger partial charge in [0.1, 0.15) is 0 Å². The summed E-state index contributed by atoms with van der Waals surface area (Å²) in [4.78, 5) is 28.5. The Morgan fingerprint density at radius 3 is 2.71 bits per heavy atom. The van der Waals surface area contributed by atoms with Gasteiger partial charge in [-0.3, -0.25) is 9.78 Å². The number of anilines is 1. The van der Waals surface area contributed by atoms with Gasteiger partial charge >= 0.3 is 12.0 Å². The Kier molecular flexibility index (Phi) is 5.14. The number of carbonyl (C=O) groups excluding carboxylic acids is 1. The minimum absolute atomic E-state index is 0.112. The average molecular weight is 291 g/mol. The van der Waals surface area contributed by atoms with Crippen LogP contribution in [0.2, 0.25) is 0 Å². The van der Waals surface area contributed by atoms with Crippen LogP contribution in [-0.4, -0.2) is 40.1 Å². The molecule has 21 heavy (non-hydrogen) atoms. The Hall–Kier alpha value is -2.11. The van der Waals surface area contributed by atoms with Crippen molar-refractivity contribution in [1.29, 1.82) is 0 Å². The number of hydrogen-bond donors (Lipinski definition) is 2. The SMILES string of the molecule is Cc1cncc(NC(=O)N2CCC(CCC(=O)O)CC2)c1. The molecule has 1 fully saturated rings. The summed E-state index contributed by atoms with van der Waals surface area (Å²) in [7, 11) is 0. The van der Waals surface area contributed by atoms with E-state index in [2.05, 4.69) is 10.3 Å². The first-order valence-electron chi connectivity index (χ1n) is 7.24. The van der Waals surface area contributed by atoms with Gasteiger partial charge in [-0.2, -0.15) is 0 Å². The highest BCUT2D eigenvalue weighted by Gasteiger charge is 2.23. The summed E-state index contributed by atoms with van der Waals surface area (Å²) in [5.74, 6) is -0.340. The molecule has 6 nitrogen and oxygen atoms in total. The van der Waals surface area contributed by atoms with Gasteiger partial charge in [-0.25, -0.2) is 4.79 Å². The summed E-state index contributed by atoms with van der Waals surface area (Å²) in [5, 5.41) is 11.5. The van der Waals surface area contributed by atoms with Crippen LogP contribution < -0.4 is 5.32 Å². The molecule has 114 valence electrons. The number of nitrogens with one attached hydrogen (secondary N) is 1. The molecule has 2 heterocycles. The molecule has 1 aromatic rings. The molecular weight excluding hydrogens is 270 g/mol. The monoisotopic (exact) mass is 291 g/mol. The molecular formula is C15H21N3O3. The van der Waals surface area contributed by atoms with E-state index < -0.39 is 5.97 Å². The standard InChI is InChI=1S/C15H21N3O3/c1-11-8-13(10-16-9-11)17-15(21)18-6-4-12(5-7-18)2-3-14(19)20/h8-10,12H,2-7H2,1H3,(H,17,21)(H,19,20). The van der Waals surface area contributed by atoms with Gasteiger partial charge in [0.05, 0.1) is 11.9 Å². The molecule has 6 heteroatoms. The van der Waals surface area contributed by atoms with Crippen molar-refractivity contribution in [2.45, 2.75) is 32.6 Å². The van der Waals surface area contributed by atoms with Crippen molar-refractivity contribution in [3.05, 3.63) is 24.0 Å². The van der Waals surface area contributed by atoms with E-state index in [-0.39, 0.29) is 12.5 Å². The van der Waals surface area contributed by atoms with Crippen molar-refractivity contribution >= 4 is 17.7 Å². The molecule has 0 unspecified atom stereocenters. The summed E-state index contributed by atoms with van der Waals surface area (Å²) in [5.41, 5.74) is 1.70. The largest absolute Gasteiger partial charge is 0.481 e. The third-order valence-corrected chi connectivity index (χ3v) is 3.79. The zero-order valence-corrected chi connectivity index (χ0v) is 12.2. The lowest BCUT2D eigenvalue weighted by Crippen LogP contribution is -2.41. The van der Waals surface area contributed by atoms with Crippen molar-refractivity contribution in [2.75, 3.05) is 18.4 Å². The highest BCUT2D eigenvalue weighted by atomic mass is 16.4. The van der Waals surface area contributed by atoms with Crippen molar-refractivity contribution in [3.8, 4) is 0 Å². The Labute approximate surface area is 124 Å². The van der Waals surface area contributed by atoms with Gasteiger partial charge in [0, 0.05) is 25.7 Å². The van der Waals surface area contributed by atoms with Crippen LogP contribution in [0.1, 0.15) is 31.2 Å². The number of carboxylic acids is 1. The van der Waals surface area contributed by atoms with Crippen molar-refractivity contribution in [1.82, 2.24) is 9.88 Å².